The van der Waals surface area contributed by atoms with Crippen molar-refractivity contribution in [3.63, 3.8) is 0 Å². The molecule has 0 radical (unpaired) electrons. The Hall–Kier alpha value is -6.75. The summed E-state index contributed by atoms with van der Waals surface area (Å²) in [5.74, 6) is 2.58. The highest BCUT2D eigenvalue weighted by atomic mass is 32.1. The fraction of sp³-hybridized carbons (Fsp3) is 0.155. The number of hydrogen-bond acceptors (Lipinski definition) is 4. The van der Waals surface area contributed by atoms with Crippen LogP contribution in [0.1, 0.15) is 89.5 Å². The van der Waals surface area contributed by atoms with Gasteiger partial charge in [-0.3, -0.25) is 0 Å². The lowest BCUT2D eigenvalue weighted by molar-refractivity contribution is 0.533. The first-order chi connectivity index (χ1) is 30.6. The molecule has 62 heavy (non-hydrogen) atoms. The number of thiophene rings is 1. The molecule has 2 unspecified atom stereocenters. The standard InChI is InChI=1S/C58H45N3S/c1-58(57-60-55(37-16-4-2-5-17-37)59-56(61-57)38-18-6-3-7-19-38)36-44(35-53-54(58)50-28-12-13-29-52(50)62-53)42-23-15-21-40(33-42)39-20-14-22-41(32-39)43-30-31-49-47-26-9-8-24-45(47)46-25-10-11-27-48(46)51(49)34-43/h2,4-6,8,10-16,18-25,27-35,37H,3,7,9,17,26,36H2,1H3. The Labute approximate surface area is 367 Å². The molecule has 0 bridgehead atoms. The Morgan fingerprint density at radius 1 is 0.613 bits per heavy atom. The van der Waals surface area contributed by atoms with Gasteiger partial charge in [0, 0.05) is 21.1 Å². The van der Waals surface area contributed by atoms with Gasteiger partial charge in [0.2, 0.25) is 0 Å². The van der Waals surface area contributed by atoms with Crippen molar-refractivity contribution in [1.82, 2.24) is 15.0 Å². The number of rotatable bonds is 6. The summed E-state index contributed by atoms with van der Waals surface area (Å²) in [5, 5.41) is 6.67. The van der Waals surface area contributed by atoms with Crippen LogP contribution in [0.2, 0.25) is 0 Å². The van der Waals surface area contributed by atoms with Gasteiger partial charge in [0.1, 0.15) is 11.6 Å². The number of allylic oxidation sites excluding steroid dienone is 10. The molecular formula is C58H45N3S. The van der Waals surface area contributed by atoms with E-state index in [4.69, 9.17) is 15.0 Å². The first-order valence-electron chi connectivity index (χ1n) is 22.1. The van der Waals surface area contributed by atoms with Gasteiger partial charge in [-0.15, -0.1) is 11.3 Å². The van der Waals surface area contributed by atoms with E-state index in [1.54, 1.807) is 0 Å². The first-order valence-corrected chi connectivity index (χ1v) is 22.9. The van der Waals surface area contributed by atoms with Gasteiger partial charge < -0.3 is 0 Å². The van der Waals surface area contributed by atoms with Crippen LogP contribution in [-0.2, 0) is 11.8 Å². The molecule has 4 aliphatic rings. The largest absolute Gasteiger partial charge is 0.216 e. The van der Waals surface area contributed by atoms with E-state index in [-0.39, 0.29) is 5.92 Å². The molecule has 4 heteroatoms. The predicted molar refractivity (Wildman–Crippen MR) is 262 cm³/mol. The molecule has 0 amide bonds. The van der Waals surface area contributed by atoms with Crippen molar-refractivity contribution in [1.29, 1.82) is 0 Å². The summed E-state index contributed by atoms with van der Waals surface area (Å²) in [6, 6.07) is 43.1. The number of fused-ring (bicyclic) bond motifs is 9. The smallest absolute Gasteiger partial charge is 0.163 e. The summed E-state index contributed by atoms with van der Waals surface area (Å²) in [6.07, 6.45) is 28.4. The van der Waals surface area contributed by atoms with E-state index in [0.717, 1.165) is 61.6 Å². The SMILES string of the molecule is CC1(c2nc(C3=CCCC=C3)nc(C3C=CC=CC3)n2)CC(c2cccc(-c3cccc(-c4ccc5c6c(c7ccccc7c5c4)C=CCC6)c3)c2)=Cc2sc3ccccc3c21. The van der Waals surface area contributed by atoms with Crippen LogP contribution in [0.4, 0.5) is 0 Å². The molecule has 0 aliphatic heterocycles. The third-order valence-electron chi connectivity index (χ3n) is 13.5. The number of hydrogen-bond donors (Lipinski definition) is 0. The minimum absolute atomic E-state index is 0.110. The maximum absolute atomic E-state index is 5.44. The molecule has 6 aromatic carbocycles. The summed E-state index contributed by atoms with van der Waals surface area (Å²) in [4.78, 5) is 17.3. The van der Waals surface area contributed by atoms with Crippen LogP contribution < -0.4 is 0 Å². The molecule has 0 spiro atoms. The molecule has 0 saturated carbocycles. The minimum atomic E-state index is -0.496. The monoisotopic (exact) mass is 815 g/mol. The highest BCUT2D eigenvalue weighted by Gasteiger charge is 2.41. The summed E-state index contributed by atoms with van der Waals surface area (Å²) < 4.78 is 1.29. The molecular weight excluding hydrogens is 771 g/mol. The van der Waals surface area contributed by atoms with Gasteiger partial charge >= 0.3 is 0 Å². The zero-order valence-corrected chi connectivity index (χ0v) is 35.6. The highest BCUT2D eigenvalue weighted by molar-refractivity contribution is 7.20. The van der Waals surface area contributed by atoms with Gasteiger partial charge in [0.15, 0.2) is 5.82 Å². The van der Waals surface area contributed by atoms with Crippen molar-refractivity contribution in [2.45, 2.75) is 56.8 Å². The topological polar surface area (TPSA) is 38.7 Å². The van der Waals surface area contributed by atoms with Crippen molar-refractivity contribution in [3.05, 3.63) is 208 Å². The van der Waals surface area contributed by atoms with Gasteiger partial charge in [-0.25, -0.2) is 15.0 Å². The second-order valence-electron chi connectivity index (χ2n) is 17.5. The van der Waals surface area contributed by atoms with E-state index in [9.17, 15) is 0 Å². The lowest BCUT2D eigenvalue weighted by Crippen LogP contribution is -2.31. The van der Waals surface area contributed by atoms with Gasteiger partial charge in [0.05, 0.1) is 5.41 Å². The average Bonchev–Trinajstić information content (AvgIpc) is 3.74. The van der Waals surface area contributed by atoms with Crippen molar-refractivity contribution >= 4 is 66.3 Å². The minimum Gasteiger partial charge on any atom is -0.216 e. The van der Waals surface area contributed by atoms with Crippen LogP contribution in [-0.4, -0.2) is 15.0 Å². The molecule has 2 aromatic heterocycles. The average molecular weight is 816 g/mol. The number of aromatic nitrogens is 3. The molecule has 0 saturated heterocycles. The van der Waals surface area contributed by atoms with E-state index in [1.165, 1.54) is 86.6 Å². The third-order valence-corrected chi connectivity index (χ3v) is 14.6. The van der Waals surface area contributed by atoms with Gasteiger partial charge in [-0.2, -0.15) is 0 Å². The van der Waals surface area contributed by atoms with Gasteiger partial charge in [-0.1, -0.05) is 146 Å². The second kappa shape index (κ2) is 15.0. The Bertz CT molecular complexity index is 3330. The van der Waals surface area contributed by atoms with Crippen LogP contribution in [0, 0.1) is 0 Å². The van der Waals surface area contributed by atoms with Crippen molar-refractivity contribution in [2.75, 3.05) is 0 Å². The van der Waals surface area contributed by atoms with Gasteiger partial charge in [-0.05, 0) is 153 Å². The van der Waals surface area contributed by atoms with Crippen LogP contribution in [0.25, 0.3) is 77.2 Å². The molecule has 12 rings (SSSR count). The lowest BCUT2D eigenvalue weighted by Gasteiger charge is -2.34. The van der Waals surface area contributed by atoms with E-state index in [1.807, 2.05) is 11.3 Å². The molecule has 0 fully saturated rings. The lowest BCUT2D eigenvalue weighted by atomic mass is 9.70. The third kappa shape index (κ3) is 6.27. The Morgan fingerprint density at radius 2 is 1.37 bits per heavy atom. The van der Waals surface area contributed by atoms with E-state index < -0.39 is 5.41 Å². The summed E-state index contributed by atoms with van der Waals surface area (Å²) >= 11 is 1.87. The fourth-order valence-corrected chi connectivity index (χ4v) is 11.7. The van der Waals surface area contributed by atoms with Gasteiger partial charge in [0.25, 0.3) is 0 Å². The molecule has 2 atom stereocenters. The van der Waals surface area contributed by atoms with Crippen LogP contribution in [0.15, 0.2) is 164 Å². The van der Waals surface area contributed by atoms with E-state index in [0.29, 0.717) is 0 Å². The molecule has 2 heterocycles. The normalized spacial score (nSPS) is 19.1. The zero-order valence-electron chi connectivity index (χ0n) is 34.8. The molecule has 0 N–H and O–H groups in total. The van der Waals surface area contributed by atoms with Crippen molar-refractivity contribution < 1.29 is 0 Å². The highest BCUT2D eigenvalue weighted by Crippen LogP contribution is 2.52. The van der Waals surface area contributed by atoms with E-state index >= 15 is 0 Å². The first kappa shape index (κ1) is 37.0. The maximum atomic E-state index is 5.44. The van der Waals surface area contributed by atoms with Crippen LogP contribution >= 0.6 is 11.3 Å². The molecule has 298 valence electrons. The Balaban J connectivity index is 0.953. The molecule has 8 aromatic rings. The predicted octanol–water partition coefficient (Wildman–Crippen LogP) is 15.3. The summed E-state index contributed by atoms with van der Waals surface area (Å²) in [6.45, 7) is 2.37. The maximum Gasteiger partial charge on any atom is 0.163 e. The molecule has 3 nitrogen and oxygen atoms in total. The number of aryl methyl sites for hydroxylation is 1. The van der Waals surface area contributed by atoms with Crippen LogP contribution in [0.3, 0.4) is 0 Å². The molecule has 4 aliphatic carbocycles. The Morgan fingerprint density at radius 3 is 2.18 bits per heavy atom. The quantitative estimate of drug-likeness (QED) is 0.157. The number of benzene rings is 6. The Kier molecular flexibility index (Phi) is 8.97. The summed E-state index contributed by atoms with van der Waals surface area (Å²) in [7, 11) is 0. The van der Waals surface area contributed by atoms with E-state index in [2.05, 4.69) is 183 Å². The van der Waals surface area contributed by atoms with Crippen molar-refractivity contribution in [3.8, 4) is 22.3 Å². The van der Waals surface area contributed by atoms with Crippen molar-refractivity contribution in [2.24, 2.45) is 0 Å². The zero-order chi connectivity index (χ0) is 41.2. The fourth-order valence-electron chi connectivity index (χ4n) is 10.4. The number of nitrogens with zero attached hydrogens (tertiary/aromatic N) is 3. The van der Waals surface area contributed by atoms with Crippen LogP contribution in [0.5, 0.6) is 0 Å². The second-order valence-corrected chi connectivity index (χ2v) is 18.5. The summed E-state index contributed by atoms with van der Waals surface area (Å²) in [5.41, 5.74) is 12.2.